The third-order valence-electron chi connectivity index (χ3n) is 3.83. The summed E-state index contributed by atoms with van der Waals surface area (Å²) in [4.78, 5) is 24.2. The summed E-state index contributed by atoms with van der Waals surface area (Å²) in [6.07, 6.45) is -0.657. The second-order valence-corrected chi connectivity index (χ2v) is 5.81. The highest BCUT2D eigenvalue weighted by Gasteiger charge is 2.20. The maximum absolute atomic E-state index is 12.4. The number of carbonyl (C=O) groups excluding carboxylic acids is 2. The van der Waals surface area contributed by atoms with Gasteiger partial charge in [0.2, 0.25) is 0 Å². The molecule has 2 aromatic carbocycles. The van der Waals surface area contributed by atoms with Crippen molar-refractivity contribution in [2.75, 3.05) is 12.4 Å². The third-order valence-corrected chi connectivity index (χ3v) is 3.83. The standard InChI is InChI=1S/C20H21F2NO5/c1-13(19(25)23-15-8-4-6-10-17(15)28-20(21)22)27-18(24)12-11-14-7-3-5-9-16(14)26-2/h3-10,13,20H,11-12H2,1-2H3,(H,23,25)/t13-/m1/s1. The Bertz CT molecular complexity index is 813. The molecule has 0 saturated heterocycles. The van der Waals surface area contributed by atoms with Crippen LogP contribution < -0.4 is 14.8 Å². The van der Waals surface area contributed by atoms with Gasteiger partial charge in [-0.2, -0.15) is 8.78 Å². The lowest BCUT2D eigenvalue weighted by molar-refractivity contribution is -0.153. The van der Waals surface area contributed by atoms with E-state index in [0.717, 1.165) is 5.56 Å². The van der Waals surface area contributed by atoms with Crippen molar-refractivity contribution in [2.45, 2.75) is 32.5 Å². The molecule has 150 valence electrons. The number of amides is 1. The molecule has 0 aliphatic carbocycles. The smallest absolute Gasteiger partial charge is 0.387 e. The van der Waals surface area contributed by atoms with Crippen LogP contribution >= 0.6 is 0 Å². The number of ether oxygens (including phenoxy) is 3. The van der Waals surface area contributed by atoms with Crippen molar-refractivity contribution < 1.29 is 32.6 Å². The van der Waals surface area contributed by atoms with Crippen molar-refractivity contribution in [1.29, 1.82) is 0 Å². The maximum Gasteiger partial charge on any atom is 0.387 e. The van der Waals surface area contributed by atoms with Crippen molar-refractivity contribution in [3.05, 3.63) is 54.1 Å². The highest BCUT2D eigenvalue weighted by molar-refractivity contribution is 5.96. The van der Waals surface area contributed by atoms with E-state index in [0.29, 0.717) is 12.2 Å². The number of esters is 1. The number of halogens is 2. The number of methoxy groups -OCH3 is 1. The second-order valence-electron chi connectivity index (χ2n) is 5.81. The summed E-state index contributed by atoms with van der Waals surface area (Å²) in [5.41, 5.74) is 0.904. The molecule has 1 atom stereocenters. The maximum atomic E-state index is 12.4. The molecular weight excluding hydrogens is 372 g/mol. The Morgan fingerprint density at radius 3 is 2.36 bits per heavy atom. The Hall–Kier alpha value is -3.16. The van der Waals surface area contributed by atoms with Crippen molar-refractivity contribution in [3.63, 3.8) is 0 Å². The van der Waals surface area contributed by atoms with Crippen molar-refractivity contribution in [2.24, 2.45) is 0 Å². The van der Waals surface area contributed by atoms with Crippen LogP contribution in [0.3, 0.4) is 0 Å². The van der Waals surface area contributed by atoms with Gasteiger partial charge in [0.15, 0.2) is 6.10 Å². The Morgan fingerprint density at radius 1 is 1.04 bits per heavy atom. The van der Waals surface area contributed by atoms with Crippen LogP contribution in [0.2, 0.25) is 0 Å². The average Bonchev–Trinajstić information content (AvgIpc) is 2.67. The number of alkyl halides is 2. The largest absolute Gasteiger partial charge is 0.496 e. The molecule has 1 N–H and O–H groups in total. The molecule has 0 unspecified atom stereocenters. The summed E-state index contributed by atoms with van der Waals surface area (Å²) in [7, 11) is 1.54. The number of hydrogen-bond donors (Lipinski definition) is 1. The lowest BCUT2D eigenvalue weighted by Crippen LogP contribution is -2.30. The third kappa shape index (κ3) is 6.22. The van der Waals surface area contributed by atoms with Gasteiger partial charge in [0.05, 0.1) is 12.8 Å². The fourth-order valence-corrected chi connectivity index (χ4v) is 2.46. The quantitative estimate of drug-likeness (QED) is 0.656. The average molecular weight is 393 g/mol. The van der Waals surface area contributed by atoms with Gasteiger partial charge in [-0.05, 0) is 37.1 Å². The monoisotopic (exact) mass is 393 g/mol. The number of benzene rings is 2. The van der Waals surface area contributed by atoms with E-state index < -0.39 is 24.6 Å². The zero-order chi connectivity index (χ0) is 20.5. The second kappa shape index (κ2) is 10.2. The van der Waals surface area contributed by atoms with Crippen molar-refractivity contribution in [3.8, 4) is 11.5 Å². The molecular formula is C20H21F2NO5. The number of aryl methyl sites for hydroxylation is 1. The van der Waals surface area contributed by atoms with Crippen LogP contribution in [0.4, 0.5) is 14.5 Å². The highest BCUT2D eigenvalue weighted by atomic mass is 19.3. The summed E-state index contributed by atoms with van der Waals surface area (Å²) in [5, 5.41) is 2.42. The van der Waals surface area contributed by atoms with Gasteiger partial charge < -0.3 is 19.5 Å². The number of nitrogens with one attached hydrogen (secondary N) is 1. The van der Waals surface area contributed by atoms with Crippen LogP contribution in [0, 0.1) is 0 Å². The molecule has 0 aliphatic rings. The Morgan fingerprint density at radius 2 is 1.68 bits per heavy atom. The zero-order valence-corrected chi connectivity index (χ0v) is 15.5. The molecule has 1 amide bonds. The van der Waals surface area contributed by atoms with Crippen LogP contribution in [0.5, 0.6) is 11.5 Å². The van der Waals surface area contributed by atoms with Gasteiger partial charge in [-0.15, -0.1) is 0 Å². The molecule has 0 bridgehead atoms. The van der Waals surface area contributed by atoms with Crippen LogP contribution in [0.25, 0.3) is 0 Å². The molecule has 28 heavy (non-hydrogen) atoms. The molecule has 0 radical (unpaired) electrons. The summed E-state index contributed by atoms with van der Waals surface area (Å²) in [6, 6.07) is 13.0. The Labute approximate surface area is 161 Å². The summed E-state index contributed by atoms with van der Waals surface area (Å²) < 4.78 is 39.6. The minimum atomic E-state index is -3.02. The molecule has 6 nitrogen and oxygen atoms in total. The molecule has 0 spiro atoms. The molecule has 0 saturated carbocycles. The van der Waals surface area contributed by atoms with Crippen LogP contribution in [-0.2, 0) is 20.7 Å². The number of para-hydroxylation sites is 3. The molecule has 8 heteroatoms. The van der Waals surface area contributed by atoms with E-state index in [1.54, 1.807) is 19.2 Å². The van der Waals surface area contributed by atoms with Gasteiger partial charge in [0, 0.05) is 6.42 Å². The van der Waals surface area contributed by atoms with E-state index in [2.05, 4.69) is 10.1 Å². The number of carbonyl (C=O) groups is 2. The van der Waals surface area contributed by atoms with E-state index >= 15 is 0 Å². The SMILES string of the molecule is COc1ccccc1CCC(=O)O[C@H](C)C(=O)Nc1ccccc1OC(F)F. The van der Waals surface area contributed by atoms with E-state index in [4.69, 9.17) is 9.47 Å². The van der Waals surface area contributed by atoms with Crippen LogP contribution in [-0.4, -0.2) is 31.7 Å². The summed E-state index contributed by atoms with van der Waals surface area (Å²) >= 11 is 0. The summed E-state index contributed by atoms with van der Waals surface area (Å²) in [6.45, 7) is -1.63. The fourth-order valence-electron chi connectivity index (χ4n) is 2.46. The lowest BCUT2D eigenvalue weighted by Gasteiger charge is -2.16. The lowest BCUT2D eigenvalue weighted by atomic mass is 10.1. The first-order valence-electron chi connectivity index (χ1n) is 8.56. The van der Waals surface area contributed by atoms with E-state index in [9.17, 15) is 18.4 Å². The van der Waals surface area contributed by atoms with E-state index in [1.165, 1.54) is 25.1 Å². The molecule has 0 aromatic heterocycles. The number of hydrogen-bond acceptors (Lipinski definition) is 5. The topological polar surface area (TPSA) is 73.9 Å². The predicted octanol–water partition coefficient (Wildman–Crippen LogP) is 3.80. The van der Waals surface area contributed by atoms with Gasteiger partial charge >= 0.3 is 12.6 Å². The number of rotatable bonds is 9. The Kier molecular flexibility index (Phi) is 7.74. The van der Waals surface area contributed by atoms with Crippen LogP contribution in [0.15, 0.2) is 48.5 Å². The van der Waals surface area contributed by atoms with Gasteiger partial charge in [0.25, 0.3) is 5.91 Å². The molecule has 0 fully saturated rings. The van der Waals surface area contributed by atoms with Gasteiger partial charge in [-0.3, -0.25) is 9.59 Å². The Balaban J connectivity index is 1.89. The highest BCUT2D eigenvalue weighted by Crippen LogP contribution is 2.25. The van der Waals surface area contributed by atoms with Crippen molar-refractivity contribution in [1.82, 2.24) is 0 Å². The molecule has 2 aromatic rings. The van der Waals surface area contributed by atoms with Gasteiger partial charge in [0.1, 0.15) is 11.5 Å². The van der Waals surface area contributed by atoms with Gasteiger partial charge in [-0.1, -0.05) is 30.3 Å². The van der Waals surface area contributed by atoms with Crippen molar-refractivity contribution >= 4 is 17.6 Å². The van der Waals surface area contributed by atoms with Crippen LogP contribution in [0.1, 0.15) is 18.9 Å². The minimum Gasteiger partial charge on any atom is -0.496 e. The molecule has 2 rings (SSSR count). The first-order valence-corrected chi connectivity index (χ1v) is 8.56. The predicted molar refractivity (Wildman–Crippen MR) is 98.6 cm³/mol. The number of anilines is 1. The normalized spacial score (nSPS) is 11.6. The van der Waals surface area contributed by atoms with E-state index in [1.807, 2.05) is 18.2 Å². The zero-order valence-electron chi connectivity index (χ0n) is 15.5. The fraction of sp³-hybridized carbons (Fsp3) is 0.300. The first-order chi connectivity index (χ1) is 13.4. The minimum absolute atomic E-state index is 0.0586. The molecule has 0 heterocycles. The summed E-state index contributed by atoms with van der Waals surface area (Å²) in [5.74, 6) is -0.737. The van der Waals surface area contributed by atoms with E-state index in [-0.39, 0.29) is 17.9 Å². The first kappa shape index (κ1) is 21.1. The van der Waals surface area contributed by atoms with Gasteiger partial charge in [-0.25, -0.2) is 0 Å². The molecule has 0 aliphatic heterocycles.